The predicted molar refractivity (Wildman–Crippen MR) is 96.6 cm³/mol. The van der Waals surface area contributed by atoms with Gasteiger partial charge in [0.1, 0.15) is 15.6 Å². The molecule has 0 saturated carbocycles. The lowest BCUT2D eigenvalue weighted by molar-refractivity contribution is 0.0701. The summed E-state index contributed by atoms with van der Waals surface area (Å²) in [6.07, 6.45) is 3.97. The number of thiazole rings is 1. The van der Waals surface area contributed by atoms with E-state index in [-0.39, 0.29) is 0 Å². The Kier molecular flexibility index (Phi) is 6.59. The third kappa shape index (κ3) is 4.54. The molecule has 1 heterocycles. The fourth-order valence-corrected chi connectivity index (χ4v) is 3.65. The van der Waals surface area contributed by atoms with Crippen molar-refractivity contribution in [2.75, 3.05) is 6.61 Å². The summed E-state index contributed by atoms with van der Waals surface area (Å²) in [5.41, 5.74) is 1.53. The van der Waals surface area contributed by atoms with Crippen molar-refractivity contribution in [1.82, 2.24) is 4.98 Å². The number of benzene rings is 1. The van der Waals surface area contributed by atoms with Crippen molar-refractivity contribution in [3.8, 4) is 16.3 Å². The van der Waals surface area contributed by atoms with Crippen molar-refractivity contribution in [3.63, 3.8) is 0 Å². The number of hydrogen-bond acceptors (Lipinski definition) is 4. The first-order valence-electron chi connectivity index (χ1n) is 7.72. The molecule has 2 aromatic rings. The van der Waals surface area contributed by atoms with E-state index in [1.807, 2.05) is 25.1 Å². The molecule has 0 bridgehead atoms. The second kappa shape index (κ2) is 8.45. The number of carboxylic acid groups (broad SMARTS) is 1. The second-order valence-corrected chi connectivity index (χ2v) is 7.01. The SMILES string of the molecule is CCCCCOc1ccc(-c2nc(CC)c(C(=O)O)s2)cc1Br. The topological polar surface area (TPSA) is 59.4 Å². The van der Waals surface area contributed by atoms with Crippen LogP contribution in [0.5, 0.6) is 5.75 Å². The van der Waals surface area contributed by atoms with Gasteiger partial charge in [-0.1, -0.05) is 26.7 Å². The molecule has 0 atom stereocenters. The third-order valence-corrected chi connectivity index (χ3v) is 5.17. The van der Waals surface area contributed by atoms with E-state index in [4.69, 9.17) is 4.74 Å². The van der Waals surface area contributed by atoms with Gasteiger partial charge in [0.15, 0.2) is 0 Å². The fourth-order valence-electron chi connectivity index (χ4n) is 2.17. The molecular formula is C17H20BrNO3S. The number of aromatic carboxylic acids is 1. The van der Waals surface area contributed by atoms with Crippen LogP contribution in [-0.4, -0.2) is 22.7 Å². The Morgan fingerprint density at radius 1 is 1.35 bits per heavy atom. The van der Waals surface area contributed by atoms with E-state index in [0.717, 1.165) is 33.6 Å². The van der Waals surface area contributed by atoms with Crippen molar-refractivity contribution < 1.29 is 14.6 Å². The van der Waals surface area contributed by atoms with Crippen molar-refractivity contribution in [2.24, 2.45) is 0 Å². The number of aryl methyl sites for hydroxylation is 1. The first-order valence-corrected chi connectivity index (χ1v) is 9.33. The zero-order valence-corrected chi connectivity index (χ0v) is 15.7. The number of ether oxygens (including phenoxy) is 1. The summed E-state index contributed by atoms with van der Waals surface area (Å²) in [4.78, 5) is 16.0. The van der Waals surface area contributed by atoms with Gasteiger partial charge in [-0.2, -0.15) is 0 Å². The Morgan fingerprint density at radius 3 is 2.70 bits per heavy atom. The number of nitrogens with zero attached hydrogens (tertiary/aromatic N) is 1. The van der Waals surface area contributed by atoms with Crippen LogP contribution in [0.1, 0.15) is 48.5 Å². The largest absolute Gasteiger partial charge is 0.492 e. The Morgan fingerprint density at radius 2 is 2.13 bits per heavy atom. The fraction of sp³-hybridized carbons (Fsp3) is 0.412. The molecule has 2 rings (SSSR count). The zero-order chi connectivity index (χ0) is 16.8. The summed E-state index contributed by atoms with van der Waals surface area (Å²) in [6.45, 7) is 4.77. The van der Waals surface area contributed by atoms with Gasteiger partial charge in [-0.15, -0.1) is 11.3 Å². The minimum Gasteiger partial charge on any atom is -0.492 e. The van der Waals surface area contributed by atoms with Crippen molar-refractivity contribution in [3.05, 3.63) is 33.2 Å². The van der Waals surface area contributed by atoms with Crippen LogP contribution in [0.15, 0.2) is 22.7 Å². The summed E-state index contributed by atoms with van der Waals surface area (Å²) in [5.74, 6) is -0.115. The molecule has 1 N–H and O–H groups in total. The number of halogens is 1. The Bertz CT molecular complexity index is 684. The molecular weight excluding hydrogens is 378 g/mol. The van der Waals surface area contributed by atoms with E-state index in [2.05, 4.69) is 27.8 Å². The lowest BCUT2D eigenvalue weighted by atomic mass is 10.2. The molecule has 4 nitrogen and oxygen atoms in total. The summed E-state index contributed by atoms with van der Waals surface area (Å²) < 4.78 is 6.62. The first kappa shape index (κ1) is 17.9. The molecule has 0 saturated heterocycles. The molecule has 0 radical (unpaired) electrons. The van der Waals surface area contributed by atoms with Gasteiger partial charge in [-0.25, -0.2) is 9.78 Å². The van der Waals surface area contributed by atoms with Crippen LogP contribution in [0.2, 0.25) is 0 Å². The zero-order valence-electron chi connectivity index (χ0n) is 13.3. The maximum atomic E-state index is 11.3. The lowest BCUT2D eigenvalue weighted by Gasteiger charge is -2.08. The van der Waals surface area contributed by atoms with Gasteiger partial charge in [0.2, 0.25) is 0 Å². The average molecular weight is 398 g/mol. The van der Waals surface area contributed by atoms with Crippen LogP contribution in [0, 0.1) is 0 Å². The molecule has 0 aliphatic rings. The van der Waals surface area contributed by atoms with Crippen LogP contribution in [0.25, 0.3) is 10.6 Å². The van der Waals surface area contributed by atoms with E-state index in [1.165, 1.54) is 17.8 Å². The van der Waals surface area contributed by atoms with Crippen LogP contribution < -0.4 is 4.74 Å². The van der Waals surface area contributed by atoms with E-state index in [1.54, 1.807) is 0 Å². The molecule has 0 spiro atoms. The van der Waals surface area contributed by atoms with Gasteiger partial charge in [0.05, 0.1) is 16.8 Å². The Balaban J connectivity index is 2.18. The van der Waals surface area contributed by atoms with E-state index in [0.29, 0.717) is 23.6 Å². The predicted octanol–water partition coefficient (Wildman–Crippen LogP) is 5.40. The van der Waals surface area contributed by atoms with Crippen LogP contribution >= 0.6 is 27.3 Å². The second-order valence-electron chi connectivity index (χ2n) is 5.15. The maximum Gasteiger partial charge on any atom is 0.347 e. The van der Waals surface area contributed by atoms with Gasteiger partial charge in [-0.3, -0.25) is 0 Å². The number of aromatic nitrogens is 1. The minimum atomic E-state index is -0.916. The van der Waals surface area contributed by atoms with E-state index >= 15 is 0 Å². The van der Waals surface area contributed by atoms with Crippen molar-refractivity contribution in [2.45, 2.75) is 39.5 Å². The van der Waals surface area contributed by atoms with Crippen LogP contribution in [0.4, 0.5) is 0 Å². The Hall–Kier alpha value is -1.40. The summed E-state index contributed by atoms with van der Waals surface area (Å²) >= 11 is 4.73. The quantitative estimate of drug-likeness (QED) is 0.605. The summed E-state index contributed by atoms with van der Waals surface area (Å²) in [5, 5.41) is 9.96. The Labute approximate surface area is 148 Å². The highest BCUT2D eigenvalue weighted by atomic mass is 79.9. The van der Waals surface area contributed by atoms with E-state index in [9.17, 15) is 9.90 Å². The smallest absolute Gasteiger partial charge is 0.347 e. The molecule has 124 valence electrons. The van der Waals surface area contributed by atoms with Gasteiger partial charge in [-0.05, 0) is 47.0 Å². The average Bonchev–Trinajstić information content (AvgIpc) is 2.97. The number of carbonyl (C=O) groups is 1. The maximum absolute atomic E-state index is 11.3. The monoisotopic (exact) mass is 397 g/mol. The van der Waals surface area contributed by atoms with E-state index < -0.39 is 5.97 Å². The number of rotatable bonds is 8. The molecule has 0 amide bonds. The normalized spacial score (nSPS) is 10.7. The van der Waals surface area contributed by atoms with Gasteiger partial charge in [0, 0.05) is 5.56 Å². The van der Waals surface area contributed by atoms with Crippen molar-refractivity contribution >= 4 is 33.2 Å². The third-order valence-electron chi connectivity index (χ3n) is 3.41. The first-order chi connectivity index (χ1) is 11.1. The number of hydrogen-bond donors (Lipinski definition) is 1. The lowest BCUT2D eigenvalue weighted by Crippen LogP contribution is -1.97. The summed E-state index contributed by atoms with van der Waals surface area (Å²) in [7, 11) is 0. The number of carboxylic acids is 1. The molecule has 1 aromatic carbocycles. The van der Waals surface area contributed by atoms with Crippen molar-refractivity contribution in [1.29, 1.82) is 0 Å². The van der Waals surface area contributed by atoms with Gasteiger partial charge < -0.3 is 9.84 Å². The number of unbranched alkanes of at least 4 members (excludes halogenated alkanes) is 2. The minimum absolute atomic E-state index is 0.318. The van der Waals surface area contributed by atoms with Crippen LogP contribution in [0.3, 0.4) is 0 Å². The molecule has 0 aliphatic heterocycles. The molecule has 23 heavy (non-hydrogen) atoms. The molecule has 0 aliphatic carbocycles. The molecule has 1 aromatic heterocycles. The van der Waals surface area contributed by atoms with Gasteiger partial charge >= 0.3 is 5.97 Å². The molecule has 6 heteroatoms. The highest BCUT2D eigenvalue weighted by molar-refractivity contribution is 9.10. The van der Waals surface area contributed by atoms with Gasteiger partial charge in [0.25, 0.3) is 0 Å². The highest BCUT2D eigenvalue weighted by Gasteiger charge is 2.17. The standard InChI is InChI=1S/C17H20BrNO3S/c1-3-5-6-9-22-14-8-7-11(10-12(14)18)16-19-13(4-2)15(23-16)17(20)21/h7-8,10H,3-6,9H2,1-2H3,(H,20,21). The highest BCUT2D eigenvalue weighted by Crippen LogP contribution is 2.34. The molecule has 0 unspecified atom stereocenters. The summed E-state index contributed by atoms with van der Waals surface area (Å²) in [6, 6.07) is 5.75. The molecule has 0 fully saturated rings. The van der Waals surface area contributed by atoms with Crippen LogP contribution in [-0.2, 0) is 6.42 Å².